The summed E-state index contributed by atoms with van der Waals surface area (Å²) in [6.07, 6.45) is 4.11. The van der Waals surface area contributed by atoms with Crippen LogP contribution in [-0.2, 0) is 6.42 Å². The van der Waals surface area contributed by atoms with Gasteiger partial charge >= 0.3 is 0 Å². The van der Waals surface area contributed by atoms with E-state index in [1.807, 2.05) is 31.2 Å². The first-order valence-electron chi connectivity index (χ1n) is 7.89. The molecule has 0 unspecified atom stereocenters. The van der Waals surface area contributed by atoms with Crippen LogP contribution in [0.15, 0.2) is 55.0 Å². The maximum atomic E-state index is 12.2. The van der Waals surface area contributed by atoms with Crippen LogP contribution >= 0.6 is 11.6 Å². The number of aromatic hydroxyl groups is 1. The Bertz CT molecular complexity index is 905. The van der Waals surface area contributed by atoms with E-state index in [4.69, 9.17) is 11.6 Å². The normalized spacial score (nSPS) is 10.6. The molecule has 0 saturated carbocycles. The first-order chi connectivity index (χ1) is 12.0. The zero-order valence-electron chi connectivity index (χ0n) is 13.7. The van der Waals surface area contributed by atoms with Gasteiger partial charge in [0.05, 0.1) is 17.7 Å². The van der Waals surface area contributed by atoms with E-state index in [1.165, 1.54) is 6.07 Å². The summed E-state index contributed by atoms with van der Waals surface area (Å²) in [5.74, 6) is -0.203. The Morgan fingerprint density at radius 2 is 2.12 bits per heavy atom. The molecule has 2 N–H and O–H groups in total. The molecule has 2 aromatic carbocycles. The number of imidazole rings is 1. The second kappa shape index (κ2) is 7.40. The number of rotatable bonds is 5. The fourth-order valence-electron chi connectivity index (χ4n) is 2.55. The van der Waals surface area contributed by atoms with Crippen LogP contribution in [0.3, 0.4) is 0 Å². The van der Waals surface area contributed by atoms with Crippen LogP contribution in [-0.4, -0.2) is 27.1 Å². The van der Waals surface area contributed by atoms with Crippen molar-refractivity contribution in [2.24, 2.45) is 0 Å². The average molecular weight is 356 g/mol. The molecule has 0 spiro atoms. The lowest BCUT2D eigenvalue weighted by molar-refractivity contribution is 0.0953. The molecule has 0 bridgehead atoms. The second-order valence-electron chi connectivity index (χ2n) is 5.76. The monoisotopic (exact) mass is 355 g/mol. The number of halogens is 1. The summed E-state index contributed by atoms with van der Waals surface area (Å²) < 4.78 is 1.71. The number of aryl methyl sites for hydroxylation is 1. The van der Waals surface area contributed by atoms with Crippen LogP contribution in [0, 0.1) is 6.92 Å². The standard InChI is InChI=1S/C19H18ClN3O2/c1-13-11-23(12-22-13)17-6-5-15(10-18(17)24)19(25)21-8-7-14-3-2-4-16(20)9-14/h2-6,9-12,24H,7-8H2,1H3,(H,21,25). The molecular weight excluding hydrogens is 338 g/mol. The van der Waals surface area contributed by atoms with Crippen LogP contribution in [0.5, 0.6) is 5.75 Å². The molecule has 1 amide bonds. The number of nitrogens with one attached hydrogen (secondary N) is 1. The van der Waals surface area contributed by atoms with Crippen LogP contribution in [0.1, 0.15) is 21.6 Å². The minimum atomic E-state index is -0.231. The maximum absolute atomic E-state index is 12.2. The van der Waals surface area contributed by atoms with Crippen molar-refractivity contribution in [3.05, 3.63) is 76.8 Å². The number of hydrogen-bond acceptors (Lipinski definition) is 3. The number of hydrogen-bond donors (Lipinski definition) is 2. The van der Waals surface area contributed by atoms with E-state index < -0.39 is 0 Å². The van der Waals surface area contributed by atoms with Crippen LogP contribution < -0.4 is 5.32 Å². The lowest BCUT2D eigenvalue weighted by Gasteiger charge is -2.09. The number of phenolic OH excluding ortho intramolecular Hbond substituents is 1. The number of amides is 1. The summed E-state index contributed by atoms with van der Waals surface area (Å²) in [7, 11) is 0. The minimum Gasteiger partial charge on any atom is -0.506 e. The lowest BCUT2D eigenvalue weighted by atomic mass is 10.1. The van der Waals surface area contributed by atoms with Crippen LogP contribution in [0.2, 0.25) is 5.02 Å². The third kappa shape index (κ3) is 4.19. The summed E-state index contributed by atoms with van der Waals surface area (Å²) in [6.45, 7) is 2.36. The van der Waals surface area contributed by atoms with Crippen LogP contribution in [0.4, 0.5) is 0 Å². The third-order valence-electron chi connectivity index (χ3n) is 3.82. The quantitative estimate of drug-likeness (QED) is 0.736. The van der Waals surface area contributed by atoms with Gasteiger partial charge in [-0.1, -0.05) is 23.7 Å². The van der Waals surface area contributed by atoms with Gasteiger partial charge in [-0.2, -0.15) is 0 Å². The van der Waals surface area contributed by atoms with Gasteiger partial charge in [0.1, 0.15) is 5.75 Å². The molecule has 0 aliphatic rings. The van der Waals surface area contributed by atoms with Gasteiger partial charge in [-0.05, 0) is 49.2 Å². The molecule has 0 aliphatic carbocycles. The fourth-order valence-corrected chi connectivity index (χ4v) is 2.76. The molecule has 0 fully saturated rings. The molecule has 0 saturated heterocycles. The molecule has 0 atom stereocenters. The van der Waals surface area contributed by atoms with Gasteiger partial charge in [0.2, 0.25) is 0 Å². The number of phenols is 1. The highest BCUT2D eigenvalue weighted by Crippen LogP contribution is 2.23. The van der Waals surface area contributed by atoms with Crippen molar-refractivity contribution in [1.82, 2.24) is 14.9 Å². The Labute approximate surface area is 150 Å². The topological polar surface area (TPSA) is 67.2 Å². The van der Waals surface area contributed by atoms with Crippen molar-refractivity contribution in [3.8, 4) is 11.4 Å². The molecule has 1 heterocycles. The highest BCUT2D eigenvalue weighted by Gasteiger charge is 2.10. The molecule has 0 aliphatic heterocycles. The largest absolute Gasteiger partial charge is 0.506 e. The van der Waals surface area contributed by atoms with Crippen molar-refractivity contribution in [2.75, 3.05) is 6.54 Å². The summed E-state index contributed by atoms with van der Waals surface area (Å²) >= 11 is 5.94. The fraction of sp³-hybridized carbons (Fsp3) is 0.158. The van der Waals surface area contributed by atoms with Crippen molar-refractivity contribution in [1.29, 1.82) is 0 Å². The molecule has 6 heteroatoms. The number of aromatic nitrogens is 2. The van der Waals surface area contributed by atoms with E-state index in [2.05, 4.69) is 10.3 Å². The number of carbonyl (C=O) groups excluding carboxylic acids is 1. The second-order valence-corrected chi connectivity index (χ2v) is 6.20. The van der Waals surface area contributed by atoms with Gasteiger partial charge in [0.15, 0.2) is 0 Å². The first kappa shape index (κ1) is 17.0. The lowest BCUT2D eigenvalue weighted by Crippen LogP contribution is -2.25. The van der Waals surface area contributed by atoms with Gasteiger partial charge in [-0.15, -0.1) is 0 Å². The van der Waals surface area contributed by atoms with Crippen molar-refractivity contribution in [2.45, 2.75) is 13.3 Å². The molecule has 25 heavy (non-hydrogen) atoms. The average Bonchev–Trinajstić information content (AvgIpc) is 3.01. The summed E-state index contributed by atoms with van der Waals surface area (Å²) in [6, 6.07) is 12.4. The zero-order valence-corrected chi connectivity index (χ0v) is 14.5. The number of carbonyl (C=O) groups is 1. The van der Waals surface area contributed by atoms with Crippen molar-refractivity contribution >= 4 is 17.5 Å². The van der Waals surface area contributed by atoms with Crippen molar-refractivity contribution < 1.29 is 9.90 Å². The van der Waals surface area contributed by atoms with Gasteiger partial charge < -0.3 is 15.0 Å². The predicted octanol–water partition coefficient (Wildman–Crippen LogP) is 3.51. The predicted molar refractivity (Wildman–Crippen MR) is 97.5 cm³/mol. The molecule has 3 aromatic rings. The van der Waals surface area contributed by atoms with E-state index in [-0.39, 0.29) is 11.7 Å². The van der Waals surface area contributed by atoms with Crippen molar-refractivity contribution in [3.63, 3.8) is 0 Å². The SMILES string of the molecule is Cc1cn(-c2ccc(C(=O)NCCc3cccc(Cl)c3)cc2O)cn1. The van der Waals surface area contributed by atoms with E-state index in [9.17, 15) is 9.90 Å². The molecule has 1 aromatic heterocycles. The van der Waals surface area contributed by atoms with E-state index in [0.29, 0.717) is 29.2 Å². The molecule has 3 rings (SSSR count). The summed E-state index contributed by atoms with van der Waals surface area (Å²) in [5, 5.41) is 13.7. The summed E-state index contributed by atoms with van der Waals surface area (Å²) in [4.78, 5) is 16.4. The van der Waals surface area contributed by atoms with Crippen LogP contribution in [0.25, 0.3) is 5.69 Å². The maximum Gasteiger partial charge on any atom is 0.251 e. The molecule has 128 valence electrons. The molecule has 0 radical (unpaired) electrons. The third-order valence-corrected chi connectivity index (χ3v) is 4.05. The number of benzene rings is 2. The Kier molecular flexibility index (Phi) is 5.05. The van der Waals surface area contributed by atoms with Gasteiger partial charge in [0.25, 0.3) is 5.91 Å². The number of nitrogens with zero attached hydrogens (tertiary/aromatic N) is 2. The van der Waals surface area contributed by atoms with E-state index >= 15 is 0 Å². The van der Waals surface area contributed by atoms with Gasteiger partial charge in [-0.25, -0.2) is 4.98 Å². The smallest absolute Gasteiger partial charge is 0.251 e. The first-order valence-corrected chi connectivity index (χ1v) is 8.27. The Balaban J connectivity index is 1.63. The van der Waals surface area contributed by atoms with E-state index in [1.54, 1.807) is 29.2 Å². The Morgan fingerprint density at radius 1 is 1.28 bits per heavy atom. The summed E-state index contributed by atoms with van der Waals surface area (Å²) in [5.41, 5.74) is 2.89. The Morgan fingerprint density at radius 3 is 2.80 bits per heavy atom. The van der Waals surface area contributed by atoms with E-state index in [0.717, 1.165) is 11.3 Å². The van der Waals surface area contributed by atoms with Gasteiger partial charge in [0, 0.05) is 23.3 Å². The Hall–Kier alpha value is -2.79. The highest BCUT2D eigenvalue weighted by molar-refractivity contribution is 6.30. The zero-order chi connectivity index (χ0) is 17.8. The van der Waals surface area contributed by atoms with Gasteiger partial charge in [-0.3, -0.25) is 4.79 Å². The highest BCUT2D eigenvalue weighted by atomic mass is 35.5. The molecule has 5 nitrogen and oxygen atoms in total. The minimum absolute atomic E-state index is 0.0277. The molecular formula is C19H18ClN3O2.